The second kappa shape index (κ2) is 7.85. The SMILES string of the molecule is O=C(O)C1CCCN1C(c1ccc(-c2ccccc2)cc1)c1ccc(Cl)s1. The van der Waals surface area contributed by atoms with Crippen LogP contribution in [0.2, 0.25) is 4.34 Å². The van der Waals surface area contributed by atoms with E-state index in [0.29, 0.717) is 6.42 Å². The normalized spacial score (nSPS) is 18.5. The van der Waals surface area contributed by atoms with Crippen molar-refractivity contribution < 1.29 is 9.90 Å². The molecule has 1 aliphatic rings. The number of hydrogen-bond donors (Lipinski definition) is 1. The van der Waals surface area contributed by atoms with Crippen molar-refractivity contribution in [3.8, 4) is 11.1 Å². The summed E-state index contributed by atoms with van der Waals surface area (Å²) < 4.78 is 0.724. The predicted molar refractivity (Wildman–Crippen MR) is 110 cm³/mol. The van der Waals surface area contributed by atoms with E-state index in [1.165, 1.54) is 16.9 Å². The molecule has 2 heterocycles. The largest absolute Gasteiger partial charge is 0.480 e. The summed E-state index contributed by atoms with van der Waals surface area (Å²) in [7, 11) is 0. The van der Waals surface area contributed by atoms with Gasteiger partial charge in [-0.05, 0) is 41.7 Å². The summed E-state index contributed by atoms with van der Waals surface area (Å²) in [6.45, 7) is 0.775. The fraction of sp³-hybridized carbons (Fsp3) is 0.227. The van der Waals surface area contributed by atoms with E-state index < -0.39 is 12.0 Å². The van der Waals surface area contributed by atoms with Crippen molar-refractivity contribution in [2.75, 3.05) is 6.54 Å². The Kier molecular flexibility index (Phi) is 5.30. The first-order valence-corrected chi connectivity index (χ1v) is 10.2. The monoisotopic (exact) mass is 397 g/mol. The molecule has 0 saturated carbocycles. The molecule has 2 unspecified atom stereocenters. The third kappa shape index (κ3) is 3.79. The van der Waals surface area contributed by atoms with Gasteiger partial charge in [-0.25, -0.2) is 0 Å². The van der Waals surface area contributed by atoms with Crippen LogP contribution in [0.5, 0.6) is 0 Å². The lowest BCUT2D eigenvalue weighted by atomic mass is 9.98. The number of nitrogens with zero attached hydrogens (tertiary/aromatic N) is 1. The quantitative estimate of drug-likeness (QED) is 0.599. The molecule has 27 heavy (non-hydrogen) atoms. The summed E-state index contributed by atoms with van der Waals surface area (Å²) in [5.41, 5.74) is 3.42. The number of hydrogen-bond acceptors (Lipinski definition) is 3. The first-order chi connectivity index (χ1) is 13.1. The summed E-state index contributed by atoms with van der Waals surface area (Å²) >= 11 is 7.71. The molecule has 1 aliphatic heterocycles. The van der Waals surface area contributed by atoms with E-state index in [2.05, 4.69) is 41.3 Å². The molecule has 5 heteroatoms. The number of carboxylic acids is 1. The Morgan fingerprint density at radius 2 is 1.74 bits per heavy atom. The maximum absolute atomic E-state index is 11.8. The molecule has 2 atom stereocenters. The fourth-order valence-corrected chi connectivity index (χ4v) is 5.06. The molecule has 0 amide bonds. The minimum atomic E-state index is -0.749. The molecule has 0 radical (unpaired) electrons. The van der Waals surface area contributed by atoms with Gasteiger partial charge in [0, 0.05) is 11.4 Å². The van der Waals surface area contributed by atoms with Crippen LogP contribution in [-0.2, 0) is 4.79 Å². The number of carbonyl (C=O) groups is 1. The number of aliphatic carboxylic acids is 1. The van der Waals surface area contributed by atoms with Gasteiger partial charge in [-0.15, -0.1) is 11.3 Å². The van der Waals surface area contributed by atoms with Crippen LogP contribution in [-0.4, -0.2) is 28.6 Å². The number of rotatable bonds is 5. The van der Waals surface area contributed by atoms with E-state index in [4.69, 9.17) is 11.6 Å². The molecule has 1 aromatic heterocycles. The first kappa shape index (κ1) is 18.2. The first-order valence-electron chi connectivity index (χ1n) is 9.02. The van der Waals surface area contributed by atoms with Gasteiger partial charge in [0.25, 0.3) is 0 Å². The van der Waals surface area contributed by atoms with Gasteiger partial charge in [0.2, 0.25) is 0 Å². The topological polar surface area (TPSA) is 40.5 Å². The fourth-order valence-electron chi connectivity index (χ4n) is 3.85. The molecule has 138 valence electrons. The highest BCUT2D eigenvalue weighted by molar-refractivity contribution is 7.16. The van der Waals surface area contributed by atoms with Crippen LogP contribution in [0.4, 0.5) is 0 Å². The average Bonchev–Trinajstić information content (AvgIpc) is 3.33. The maximum Gasteiger partial charge on any atom is 0.320 e. The smallest absolute Gasteiger partial charge is 0.320 e. The van der Waals surface area contributed by atoms with Crippen LogP contribution in [0.3, 0.4) is 0 Å². The van der Waals surface area contributed by atoms with Gasteiger partial charge < -0.3 is 5.11 Å². The molecule has 1 saturated heterocycles. The number of likely N-dealkylation sites (tertiary alicyclic amines) is 1. The molecule has 0 spiro atoms. The van der Waals surface area contributed by atoms with Gasteiger partial charge >= 0.3 is 5.97 Å². The summed E-state index contributed by atoms with van der Waals surface area (Å²) in [5.74, 6) is -0.749. The standard InChI is InChI=1S/C22H20ClNO2S/c23-20-13-12-19(27-20)21(24-14-4-7-18(24)22(25)26)17-10-8-16(9-11-17)15-5-2-1-3-6-15/h1-3,5-6,8-13,18,21H,4,7,14H2,(H,25,26). The highest BCUT2D eigenvalue weighted by Gasteiger charge is 2.37. The Balaban J connectivity index is 1.72. The second-order valence-corrected chi connectivity index (χ2v) is 8.51. The van der Waals surface area contributed by atoms with Gasteiger partial charge in [-0.3, -0.25) is 9.69 Å². The lowest BCUT2D eigenvalue weighted by Gasteiger charge is -2.31. The minimum Gasteiger partial charge on any atom is -0.480 e. The molecule has 4 rings (SSSR count). The van der Waals surface area contributed by atoms with Crippen LogP contribution in [0, 0.1) is 0 Å². The highest BCUT2D eigenvalue weighted by atomic mass is 35.5. The minimum absolute atomic E-state index is 0.0871. The van der Waals surface area contributed by atoms with E-state index in [0.717, 1.165) is 33.3 Å². The van der Waals surface area contributed by atoms with Crippen molar-refractivity contribution in [3.05, 3.63) is 81.5 Å². The van der Waals surface area contributed by atoms with Crippen molar-refractivity contribution in [2.24, 2.45) is 0 Å². The van der Waals surface area contributed by atoms with Crippen LogP contribution < -0.4 is 0 Å². The third-order valence-electron chi connectivity index (χ3n) is 5.11. The lowest BCUT2D eigenvalue weighted by molar-refractivity contribution is -0.142. The summed E-state index contributed by atoms with van der Waals surface area (Å²) in [6, 6.07) is 22.0. The molecule has 1 fully saturated rings. The number of carboxylic acid groups (broad SMARTS) is 1. The highest BCUT2D eigenvalue weighted by Crippen LogP contribution is 2.39. The number of thiophene rings is 1. The van der Waals surface area contributed by atoms with E-state index in [1.54, 1.807) is 0 Å². The molecule has 0 aliphatic carbocycles. The molecule has 2 aromatic carbocycles. The Bertz CT molecular complexity index is 923. The van der Waals surface area contributed by atoms with Crippen LogP contribution in [0.15, 0.2) is 66.7 Å². The van der Waals surface area contributed by atoms with Gasteiger partial charge in [-0.1, -0.05) is 66.2 Å². The van der Waals surface area contributed by atoms with Crippen molar-refractivity contribution >= 4 is 28.9 Å². The van der Waals surface area contributed by atoms with Crippen LogP contribution >= 0.6 is 22.9 Å². The van der Waals surface area contributed by atoms with Crippen LogP contribution in [0.25, 0.3) is 11.1 Å². The van der Waals surface area contributed by atoms with Crippen molar-refractivity contribution in [1.29, 1.82) is 0 Å². The summed E-state index contributed by atoms with van der Waals surface area (Å²) in [6.07, 6.45) is 1.59. The Hall–Kier alpha value is -2.14. The average molecular weight is 398 g/mol. The van der Waals surface area contributed by atoms with Crippen molar-refractivity contribution in [1.82, 2.24) is 4.90 Å². The van der Waals surface area contributed by atoms with E-state index in [9.17, 15) is 9.90 Å². The molecule has 0 bridgehead atoms. The Morgan fingerprint density at radius 3 is 2.37 bits per heavy atom. The summed E-state index contributed by atoms with van der Waals surface area (Å²) in [4.78, 5) is 14.9. The lowest BCUT2D eigenvalue weighted by Crippen LogP contribution is -2.38. The molecule has 3 nitrogen and oxygen atoms in total. The van der Waals surface area contributed by atoms with Gasteiger partial charge in [0.15, 0.2) is 0 Å². The van der Waals surface area contributed by atoms with Crippen molar-refractivity contribution in [3.63, 3.8) is 0 Å². The molecule has 1 N–H and O–H groups in total. The van der Waals surface area contributed by atoms with Gasteiger partial charge in [-0.2, -0.15) is 0 Å². The zero-order chi connectivity index (χ0) is 18.8. The Morgan fingerprint density at radius 1 is 1.04 bits per heavy atom. The van der Waals surface area contributed by atoms with E-state index >= 15 is 0 Å². The van der Waals surface area contributed by atoms with Gasteiger partial charge in [0.1, 0.15) is 6.04 Å². The molecular weight excluding hydrogens is 378 g/mol. The second-order valence-electron chi connectivity index (χ2n) is 6.77. The number of benzene rings is 2. The number of halogens is 1. The molecular formula is C22H20ClNO2S. The summed E-state index contributed by atoms with van der Waals surface area (Å²) in [5, 5.41) is 9.66. The zero-order valence-corrected chi connectivity index (χ0v) is 16.3. The zero-order valence-electron chi connectivity index (χ0n) is 14.7. The third-order valence-corrected chi connectivity index (χ3v) is 6.39. The van der Waals surface area contributed by atoms with Crippen molar-refractivity contribution in [2.45, 2.75) is 24.9 Å². The molecule has 3 aromatic rings. The van der Waals surface area contributed by atoms with Gasteiger partial charge in [0.05, 0.1) is 10.4 Å². The maximum atomic E-state index is 11.8. The van der Waals surface area contributed by atoms with E-state index in [1.807, 2.05) is 30.3 Å². The predicted octanol–water partition coefficient (Wildman–Crippen LogP) is 5.71. The van der Waals surface area contributed by atoms with E-state index in [-0.39, 0.29) is 6.04 Å². The Labute approximate surface area is 167 Å². The van der Waals surface area contributed by atoms with Crippen LogP contribution in [0.1, 0.15) is 29.3 Å².